The van der Waals surface area contributed by atoms with Crippen LogP contribution in [0.4, 0.5) is 0 Å². The van der Waals surface area contributed by atoms with E-state index in [9.17, 15) is 0 Å². The first kappa shape index (κ1) is 16.5. The number of nitrogens with one attached hydrogen (secondary N) is 1. The fraction of sp³-hybridized carbons (Fsp3) is 0.625. The number of hydrogen-bond donors (Lipinski definition) is 1. The molecule has 19 heavy (non-hydrogen) atoms. The lowest BCUT2D eigenvalue weighted by Crippen LogP contribution is -2.39. The predicted molar refractivity (Wildman–Crippen MR) is 82.9 cm³/mol. The molecule has 0 aliphatic rings. The maximum atomic E-state index is 6.04. The van der Waals surface area contributed by atoms with Gasteiger partial charge in [-0.2, -0.15) is 0 Å². The lowest BCUT2D eigenvalue weighted by molar-refractivity contribution is 0.173. The molecule has 0 amide bonds. The van der Waals surface area contributed by atoms with E-state index >= 15 is 0 Å². The van der Waals surface area contributed by atoms with Gasteiger partial charge in [-0.15, -0.1) is 0 Å². The minimum atomic E-state index is 0.152. The second-order valence-corrected chi connectivity index (χ2v) is 6.55. The van der Waals surface area contributed by atoms with Crippen molar-refractivity contribution in [3.05, 3.63) is 34.9 Å². The molecule has 1 N–H and O–H groups in total. The summed E-state index contributed by atoms with van der Waals surface area (Å²) in [5.74, 6) is 0.567. The number of ether oxygens (including phenoxy) is 1. The molecular formula is C16H26ClNO. The average Bonchev–Trinajstić information content (AvgIpc) is 2.31. The van der Waals surface area contributed by atoms with Crippen molar-refractivity contribution in [1.29, 1.82) is 0 Å². The lowest BCUT2D eigenvalue weighted by atomic mass is 9.95. The first-order valence-corrected chi connectivity index (χ1v) is 7.27. The second kappa shape index (κ2) is 7.88. The molecule has 0 aromatic heterocycles. The Bertz CT molecular complexity index is 373. The Morgan fingerprint density at radius 3 is 2.63 bits per heavy atom. The van der Waals surface area contributed by atoms with Crippen LogP contribution in [0.5, 0.6) is 0 Å². The maximum absolute atomic E-state index is 6.04. The summed E-state index contributed by atoms with van der Waals surface area (Å²) in [5.41, 5.74) is 1.45. The number of halogens is 1. The summed E-state index contributed by atoms with van der Waals surface area (Å²) in [6.07, 6.45) is 2.10. The molecule has 0 heterocycles. The number of hydrogen-bond acceptors (Lipinski definition) is 2. The zero-order chi connectivity index (χ0) is 14.3. The Morgan fingerprint density at radius 1 is 1.32 bits per heavy atom. The Labute approximate surface area is 122 Å². The molecule has 0 saturated carbocycles. The van der Waals surface area contributed by atoms with E-state index in [0.717, 1.165) is 31.0 Å². The van der Waals surface area contributed by atoms with E-state index < -0.39 is 0 Å². The Kier molecular flexibility index (Phi) is 6.84. The predicted octanol–water partition coefficient (Wildman–Crippen LogP) is 3.92. The third kappa shape index (κ3) is 7.56. The average molecular weight is 284 g/mol. The third-order valence-electron chi connectivity index (χ3n) is 3.06. The van der Waals surface area contributed by atoms with Crippen LogP contribution in [0.25, 0.3) is 0 Å². The van der Waals surface area contributed by atoms with Crippen molar-refractivity contribution in [3.63, 3.8) is 0 Å². The monoisotopic (exact) mass is 283 g/mol. The molecule has 2 nitrogen and oxygen atoms in total. The molecule has 1 aromatic carbocycles. The standard InChI is InChI=1S/C16H26ClNO/c1-16(2,3)18-12-14(8-9-19-4)10-13-6-5-7-15(17)11-13/h5-7,11,14,18H,8-10,12H2,1-4H3. The van der Waals surface area contributed by atoms with Crippen LogP contribution in [0.1, 0.15) is 32.8 Å². The molecule has 0 fully saturated rings. The van der Waals surface area contributed by atoms with Crippen molar-refractivity contribution in [2.45, 2.75) is 39.2 Å². The van der Waals surface area contributed by atoms with Gasteiger partial charge in [0, 0.05) is 24.3 Å². The fourth-order valence-electron chi connectivity index (χ4n) is 2.01. The van der Waals surface area contributed by atoms with Crippen LogP contribution in [0.3, 0.4) is 0 Å². The van der Waals surface area contributed by atoms with Crippen LogP contribution < -0.4 is 5.32 Å². The van der Waals surface area contributed by atoms with E-state index in [1.165, 1.54) is 5.56 Å². The Hall–Kier alpha value is -0.570. The third-order valence-corrected chi connectivity index (χ3v) is 3.30. The molecule has 1 aromatic rings. The summed E-state index contributed by atoms with van der Waals surface area (Å²) in [4.78, 5) is 0. The van der Waals surface area contributed by atoms with Gasteiger partial charge in [0.25, 0.3) is 0 Å². The van der Waals surface area contributed by atoms with E-state index in [-0.39, 0.29) is 5.54 Å². The quantitative estimate of drug-likeness (QED) is 0.819. The summed E-state index contributed by atoms with van der Waals surface area (Å²) in [7, 11) is 1.76. The molecule has 0 radical (unpaired) electrons. The van der Waals surface area contributed by atoms with Crippen molar-refractivity contribution in [3.8, 4) is 0 Å². The zero-order valence-corrected chi connectivity index (χ0v) is 13.3. The molecule has 0 aliphatic carbocycles. The van der Waals surface area contributed by atoms with Crippen LogP contribution in [0.15, 0.2) is 24.3 Å². The molecule has 1 atom stereocenters. The summed E-state index contributed by atoms with van der Waals surface area (Å²) in [6, 6.07) is 8.13. The van der Waals surface area contributed by atoms with Gasteiger partial charge in [0.15, 0.2) is 0 Å². The molecular weight excluding hydrogens is 258 g/mol. The minimum Gasteiger partial charge on any atom is -0.385 e. The maximum Gasteiger partial charge on any atom is 0.0465 e. The highest BCUT2D eigenvalue weighted by Gasteiger charge is 2.15. The molecule has 0 bridgehead atoms. The zero-order valence-electron chi connectivity index (χ0n) is 12.5. The minimum absolute atomic E-state index is 0.152. The molecule has 1 rings (SSSR count). The second-order valence-electron chi connectivity index (χ2n) is 6.11. The Balaban J connectivity index is 2.58. The van der Waals surface area contributed by atoms with Gasteiger partial charge in [-0.25, -0.2) is 0 Å². The van der Waals surface area contributed by atoms with E-state index in [4.69, 9.17) is 16.3 Å². The molecule has 1 unspecified atom stereocenters. The summed E-state index contributed by atoms with van der Waals surface area (Å²) in [6.45, 7) is 8.38. The highest BCUT2D eigenvalue weighted by atomic mass is 35.5. The lowest BCUT2D eigenvalue weighted by Gasteiger charge is -2.25. The van der Waals surface area contributed by atoms with E-state index in [2.05, 4.69) is 38.2 Å². The first-order chi connectivity index (χ1) is 8.90. The van der Waals surface area contributed by atoms with Crippen LogP contribution in [-0.2, 0) is 11.2 Å². The fourth-order valence-corrected chi connectivity index (χ4v) is 2.22. The largest absolute Gasteiger partial charge is 0.385 e. The van der Waals surface area contributed by atoms with Gasteiger partial charge >= 0.3 is 0 Å². The molecule has 0 saturated heterocycles. The summed E-state index contributed by atoms with van der Waals surface area (Å²) < 4.78 is 5.21. The van der Waals surface area contributed by atoms with Crippen LogP contribution in [0.2, 0.25) is 5.02 Å². The van der Waals surface area contributed by atoms with Crippen LogP contribution in [-0.4, -0.2) is 25.8 Å². The van der Waals surface area contributed by atoms with E-state index in [1.54, 1.807) is 7.11 Å². The van der Waals surface area contributed by atoms with E-state index in [0.29, 0.717) is 5.92 Å². The molecule has 0 aliphatic heterocycles. The van der Waals surface area contributed by atoms with Crippen molar-refractivity contribution >= 4 is 11.6 Å². The van der Waals surface area contributed by atoms with Gasteiger partial charge in [-0.1, -0.05) is 23.7 Å². The number of benzene rings is 1. The van der Waals surface area contributed by atoms with Crippen molar-refractivity contribution < 1.29 is 4.74 Å². The van der Waals surface area contributed by atoms with Crippen molar-refractivity contribution in [2.24, 2.45) is 5.92 Å². The number of methoxy groups -OCH3 is 1. The highest BCUT2D eigenvalue weighted by molar-refractivity contribution is 6.30. The van der Waals surface area contributed by atoms with Gasteiger partial charge in [0.2, 0.25) is 0 Å². The topological polar surface area (TPSA) is 21.3 Å². The summed E-state index contributed by atoms with van der Waals surface area (Å²) >= 11 is 6.04. The van der Waals surface area contributed by atoms with Crippen LogP contribution in [0, 0.1) is 5.92 Å². The van der Waals surface area contributed by atoms with Crippen LogP contribution >= 0.6 is 11.6 Å². The number of rotatable bonds is 7. The summed E-state index contributed by atoms with van der Waals surface area (Å²) in [5, 5.41) is 4.39. The van der Waals surface area contributed by atoms with Gasteiger partial charge in [-0.3, -0.25) is 0 Å². The highest BCUT2D eigenvalue weighted by Crippen LogP contribution is 2.17. The normalized spacial score (nSPS) is 13.5. The van der Waals surface area contributed by atoms with Gasteiger partial charge < -0.3 is 10.1 Å². The first-order valence-electron chi connectivity index (χ1n) is 6.89. The molecule has 0 spiro atoms. The molecule has 108 valence electrons. The van der Waals surface area contributed by atoms with Gasteiger partial charge in [-0.05, 0) is 63.8 Å². The SMILES string of the molecule is COCCC(CNC(C)(C)C)Cc1cccc(Cl)c1. The smallest absolute Gasteiger partial charge is 0.0465 e. The molecule has 3 heteroatoms. The Morgan fingerprint density at radius 2 is 2.05 bits per heavy atom. The van der Waals surface area contributed by atoms with Gasteiger partial charge in [0.05, 0.1) is 0 Å². The van der Waals surface area contributed by atoms with E-state index in [1.807, 2.05) is 12.1 Å². The van der Waals surface area contributed by atoms with Gasteiger partial charge in [0.1, 0.15) is 0 Å². The van der Waals surface area contributed by atoms with Crippen molar-refractivity contribution in [2.75, 3.05) is 20.3 Å². The van der Waals surface area contributed by atoms with Crippen molar-refractivity contribution in [1.82, 2.24) is 5.32 Å².